The summed E-state index contributed by atoms with van der Waals surface area (Å²) in [6.07, 6.45) is -0.550. The first-order chi connectivity index (χ1) is 9.97. The summed E-state index contributed by atoms with van der Waals surface area (Å²) in [4.78, 5) is 12.3. The molecule has 0 aliphatic rings. The lowest BCUT2D eigenvalue weighted by Gasteiger charge is -2.15. The van der Waals surface area contributed by atoms with Gasteiger partial charge in [-0.15, -0.1) is 0 Å². The fourth-order valence-electron chi connectivity index (χ4n) is 2.08. The molecule has 2 nitrogen and oxygen atoms in total. The van der Waals surface area contributed by atoms with Gasteiger partial charge in [-0.1, -0.05) is 49.7 Å². The second-order valence-electron chi connectivity index (χ2n) is 5.36. The number of Topliss-reactive ketones (excluding diaryl/α,β-unsaturated/α-hetero) is 1. The Labute approximate surface area is 130 Å². The van der Waals surface area contributed by atoms with Crippen molar-refractivity contribution < 1.29 is 9.53 Å². The van der Waals surface area contributed by atoms with Crippen LogP contribution >= 0.6 is 11.6 Å². The Morgan fingerprint density at radius 1 is 1.05 bits per heavy atom. The molecule has 0 heterocycles. The number of ketones is 1. The molecule has 0 radical (unpaired) electrons. The van der Waals surface area contributed by atoms with Crippen molar-refractivity contribution in [1.82, 2.24) is 0 Å². The zero-order valence-electron chi connectivity index (χ0n) is 12.5. The van der Waals surface area contributed by atoms with Crippen molar-refractivity contribution in [3.05, 3.63) is 64.7 Å². The van der Waals surface area contributed by atoms with Crippen LogP contribution in [0, 0.1) is 0 Å². The third kappa shape index (κ3) is 4.08. The molecule has 110 valence electrons. The third-order valence-corrected chi connectivity index (χ3v) is 3.55. The Kier molecular flexibility index (Phi) is 5.03. The average Bonchev–Trinajstić information content (AvgIpc) is 2.46. The van der Waals surface area contributed by atoms with Crippen LogP contribution in [0.25, 0.3) is 0 Å². The minimum absolute atomic E-state index is 0.0764. The molecule has 0 amide bonds. The van der Waals surface area contributed by atoms with Gasteiger partial charge in [0.15, 0.2) is 6.10 Å². The van der Waals surface area contributed by atoms with Crippen molar-refractivity contribution in [3.63, 3.8) is 0 Å². The predicted molar refractivity (Wildman–Crippen MR) is 86.4 cm³/mol. The molecule has 1 atom stereocenters. The number of benzene rings is 2. The van der Waals surface area contributed by atoms with Crippen LogP contribution in [-0.4, -0.2) is 11.9 Å². The molecule has 0 saturated heterocycles. The van der Waals surface area contributed by atoms with E-state index >= 15 is 0 Å². The average molecular weight is 303 g/mol. The summed E-state index contributed by atoms with van der Waals surface area (Å²) in [7, 11) is 0. The quantitative estimate of drug-likeness (QED) is 0.717. The van der Waals surface area contributed by atoms with Crippen LogP contribution < -0.4 is 4.74 Å². The fraction of sp³-hybridized carbons (Fsp3) is 0.278. The minimum Gasteiger partial charge on any atom is -0.483 e. The highest BCUT2D eigenvalue weighted by Gasteiger charge is 2.17. The molecule has 0 aromatic heterocycles. The lowest BCUT2D eigenvalue weighted by molar-refractivity contribution is 0.0818. The largest absolute Gasteiger partial charge is 0.483 e. The summed E-state index contributed by atoms with van der Waals surface area (Å²) >= 11 is 5.92. The number of rotatable bonds is 5. The molecule has 0 bridgehead atoms. The van der Waals surface area contributed by atoms with E-state index in [1.165, 1.54) is 5.56 Å². The van der Waals surface area contributed by atoms with E-state index in [9.17, 15) is 4.79 Å². The molecule has 2 rings (SSSR count). The molecule has 0 spiro atoms. The fourth-order valence-corrected chi connectivity index (χ4v) is 2.27. The van der Waals surface area contributed by atoms with Crippen LogP contribution in [0.4, 0.5) is 0 Å². The number of halogens is 1. The highest BCUT2D eigenvalue weighted by Crippen LogP contribution is 2.22. The zero-order valence-corrected chi connectivity index (χ0v) is 13.2. The molecule has 0 fully saturated rings. The minimum atomic E-state index is -0.550. The van der Waals surface area contributed by atoms with E-state index in [1.54, 1.807) is 31.2 Å². The molecule has 2 aromatic carbocycles. The van der Waals surface area contributed by atoms with E-state index in [-0.39, 0.29) is 5.78 Å². The normalized spacial score (nSPS) is 12.2. The summed E-state index contributed by atoms with van der Waals surface area (Å²) in [6, 6.07) is 14.8. The zero-order chi connectivity index (χ0) is 15.4. The Morgan fingerprint density at radius 3 is 2.43 bits per heavy atom. The first-order valence-corrected chi connectivity index (χ1v) is 7.41. The summed E-state index contributed by atoms with van der Waals surface area (Å²) in [5.74, 6) is 1.06. The number of hydrogen-bond donors (Lipinski definition) is 0. The number of carbonyl (C=O) groups excluding carboxylic acids is 1. The van der Waals surface area contributed by atoms with Crippen molar-refractivity contribution >= 4 is 17.4 Å². The topological polar surface area (TPSA) is 26.3 Å². The maximum Gasteiger partial charge on any atom is 0.203 e. The summed E-state index contributed by atoms with van der Waals surface area (Å²) in [5.41, 5.74) is 1.75. The van der Waals surface area contributed by atoms with Gasteiger partial charge in [-0.3, -0.25) is 4.79 Å². The standard InChI is InChI=1S/C18H19ClO2/c1-12(2)14-6-5-9-17(11-14)21-13(3)18(20)15-7-4-8-16(19)10-15/h4-13H,1-3H3. The smallest absolute Gasteiger partial charge is 0.203 e. The first-order valence-electron chi connectivity index (χ1n) is 7.04. The number of ether oxygens (including phenoxy) is 1. The van der Waals surface area contributed by atoms with E-state index < -0.39 is 6.10 Å². The van der Waals surface area contributed by atoms with Gasteiger partial charge in [0.05, 0.1) is 0 Å². The molecular formula is C18H19ClO2. The van der Waals surface area contributed by atoms with Gasteiger partial charge in [-0.05, 0) is 42.7 Å². The highest BCUT2D eigenvalue weighted by atomic mass is 35.5. The second kappa shape index (κ2) is 6.77. The van der Waals surface area contributed by atoms with Crippen molar-refractivity contribution in [3.8, 4) is 5.75 Å². The van der Waals surface area contributed by atoms with E-state index in [0.717, 1.165) is 0 Å². The Balaban J connectivity index is 2.12. The molecule has 0 saturated carbocycles. The molecule has 21 heavy (non-hydrogen) atoms. The molecule has 0 aliphatic heterocycles. The highest BCUT2D eigenvalue weighted by molar-refractivity contribution is 6.31. The van der Waals surface area contributed by atoms with Crippen LogP contribution in [0.1, 0.15) is 42.6 Å². The van der Waals surface area contributed by atoms with Crippen LogP contribution in [0.3, 0.4) is 0 Å². The predicted octanol–water partition coefficient (Wildman–Crippen LogP) is 5.11. The van der Waals surface area contributed by atoms with Gasteiger partial charge in [-0.25, -0.2) is 0 Å². The first kappa shape index (κ1) is 15.6. The SMILES string of the molecule is CC(Oc1cccc(C(C)C)c1)C(=O)c1cccc(Cl)c1. The molecule has 0 N–H and O–H groups in total. The van der Waals surface area contributed by atoms with Crippen molar-refractivity contribution in [2.24, 2.45) is 0 Å². The van der Waals surface area contributed by atoms with Crippen LogP contribution in [0.2, 0.25) is 5.02 Å². The summed E-state index contributed by atoms with van der Waals surface area (Å²) in [6.45, 7) is 6.00. The van der Waals surface area contributed by atoms with Gasteiger partial charge in [-0.2, -0.15) is 0 Å². The lowest BCUT2D eigenvalue weighted by Crippen LogP contribution is -2.23. The Hall–Kier alpha value is -1.80. The Morgan fingerprint density at radius 2 is 1.76 bits per heavy atom. The molecule has 2 aromatic rings. The third-order valence-electron chi connectivity index (χ3n) is 3.32. The lowest BCUT2D eigenvalue weighted by atomic mass is 10.0. The Bertz CT molecular complexity index is 635. The van der Waals surface area contributed by atoms with Gasteiger partial charge in [0, 0.05) is 10.6 Å². The summed E-state index contributed by atoms with van der Waals surface area (Å²) in [5, 5.41) is 0.551. The van der Waals surface area contributed by atoms with Crippen LogP contribution in [-0.2, 0) is 0 Å². The van der Waals surface area contributed by atoms with Crippen molar-refractivity contribution in [2.45, 2.75) is 32.8 Å². The van der Waals surface area contributed by atoms with Gasteiger partial charge in [0.2, 0.25) is 5.78 Å². The van der Waals surface area contributed by atoms with Crippen LogP contribution in [0.15, 0.2) is 48.5 Å². The van der Waals surface area contributed by atoms with Crippen molar-refractivity contribution in [1.29, 1.82) is 0 Å². The van der Waals surface area contributed by atoms with Gasteiger partial charge < -0.3 is 4.74 Å². The monoisotopic (exact) mass is 302 g/mol. The van der Waals surface area contributed by atoms with E-state index in [4.69, 9.17) is 16.3 Å². The molecule has 3 heteroatoms. The maximum absolute atomic E-state index is 12.3. The second-order valence-corrected chi connectivity index (χ2v) is 5.80. The summed E-state index contributed by atoms with van der Waals surface area (Å²) < 4.78 is 5.77. The van der Waals surface area contributed by atoms with Crippen molar-refractivity contribution in [2.75, 3.05) is 0 Å². The maximum atomic E-state index is 12.3. The van der Waals surface area contributed by atoms with Gasteiger partial charge in [0.25, 0.3) is 0 Å². The van der Waals surface area contributed by atoms with E-state index in [2.05, 4.69) is 19.9 Å². The number of carbonyl (C=O) groups is 1. The van der Waals surface area contributed by atoms with Crippen LogP contribution in [0.5, 0.6) is 5.75 Å². The van der Waals surface area contributed by atoms with E-state index in [0.29, 0.717) is 22.3 Å². The van der Waals surface area contributed by atoms with E-state index in [1.807, 2.05) is 18.2 Å². The van der Waals surface area contributed by atoms with Gasteiger partial charge in [0.1, 0.15) is 5.75 Å². The number of hydrogen-bond acceptors (Lipinski definition) is 2. The molecule has 0 aliphatic carbocycles. The van der Waals surface area contributed by atoms with Gasteiger partial charge >= 0.3 is 0 Å². The molecular weight excluding hydrogens is 284 g/mol. The molecule has 1 unspecified atom stereocenters.